The first kappa shape index (κ1) is 28.4. The van der Waals surface area contributed by atoms with Gasteiger partial charge >= 0.3 is 5.69 Å². The highest BCUT2D eigenvalue weighted by Crippen LogP contribution is 2.42. The van der Waals surface area contributed by atoms with Crippen LogP contribution in [0.15, 0.2) is 58.7 Å². The lowest BCUT2D eigenvalue weighted by Crippen LogP contribution is -2.54. The van der Waals surface area contributed by atoms with E-state index in [0.29, 0.717) is 13.0 Å². The van der Waals surface area contributed by atoms with E-state index < -0.39 is 29.7 Å². The first-order valence-electron chi connectivity index (χ1n) is 11.4. The second kappa shape index (κ2) is 11.9. The molecule has 12 heteroatoms. The van der Waals surface area contributed by atoms with Gasteiger partial charge < -0.3 is 25.7 Å². The molecule has 3 rings (SSSR count). The van der Waals surface area contributed by atoms with Crippen molar-refractivity contribution in [3.05, 3.63) is 65.1 Å². The standard InChI is InChI=1S/C24H34N4O6S2/c1-15(31-13-11-16-8-6-7-9-18(16)35-36-23(2,3)4)33-20-17(14-32-30)34-21(24(20,5)26)28-12-10-19(25)27-22(28)29/h6-10,12,17,20-21,30H,1,11,13-14,26H2,2-5H3,(H2,25,27,29)/t17?,20-,21-,24-/m1/s1. The van der Waals surface area contributed by atoms with Crippen molar-refractivity contribution in [1.29, 1.82) is 0 Å². The van der Waals surface area contributed by atoms with Crippen LogP contribution in [-0.4, -0.2) is 50.5 Å². The summed E-state index contributed by atoms with van der Waals surface area (Å²) >= 11 is 0. The molecule has 0 saturated carbocycles. The van der Waals surface area contributed by atoms with Crippen molar-refractivity contribution in [2.75, 3.05) is 18.9 Å². The molecule has 1 saturated heterocycles. The number of nitrogen functional groups attached to an aromatic ring is 1. The lowest BCUT2D eigenvalue weighted by molar-refractivity contribution is -0.265. The van der Waals surface area contributed by atoms with Crippen LogP contribution in [0.1, 0.15) is 39.5 Å². The largest absolute Gasteiger partial charge is 0.466 e. The summed E-state index contributed by atoms with van der Waals surface area (Å²) in [5.41, 5.74) is 11.5. The summed E-state index contributed by atoms with van der Waals surface area (Å²) in [5, 5.41) is 9.05. The van der Waals surface area contributed by atoms with Gasteiger partial charge in [-0.1, -0.05) is 60.6 Å². The van der Waals surface area contributed by atoms with Crippen molar-refractivity contribution in [3.63, 3.8) is 0 Å². The van der Waals surface area contributed by atoms with Crippen LogP contribution >= 0.6 is 21.6 Å². The average Bonchev–Trinajstić information content (AvgIpc) is 3.02. The van der Waals surface area contributed by atoms with E-state index in [1.807, 2.05) is 12.1 Å². The zero-order chi connectivity index (χ0) is 26.5. The van der Waals surface area contributed by atoms with Crippen LogP contribution in [-0.2, 0) is 25.5 Å². The lowest BCUT2D eigenvalue weighted by Gasteiger charge is -2.32. The fraction of sp³-hybridized carbons (Fsp3) is 0.500. The lowest BCUT2D eigenvalue weighted by atomic mass is 9.93. The summed E-state index contributed by atoms with van der Waals surface area (Å²) in [7, 11) is 3.55. The number of rotatable bonds is 11. The van der Waals surface area contributed by atoms with Gasteiger partial charge in [0.1, 0.15) is 18.5 Å². The number of benzene rings is 1. The van der Waals surface area contributed by atoms with Gasteiger partial charge in [-0.25, -0.2) is 9.68 Å². The molecule has 1 aliphatic rings. The highest BCUT2D eigenvalue weighted by Gasteiger charge is 2.55. The van der Waals surface area contributed by atoms with Crippen molar-refractivity contribution in [2.45, 2.75) is 67.7 Å². The average molecular weight is 539 g/mol. The van der Waals surface area contributed by atoms with E-state index in [-0.39, 0.29) is 23.1 Å². The van der Waals surface area contributed by atoms with Gasteiger partial charge in [-0.3, -0.25) is 9.82 Å². The van der Waals surface area contributed by atoms with Gasteiger partial charge in [-0.05, 0) is 31.2 Å². The number of hydrogen-bond donors (Lipinski definition) is 3. The Morgan fingerprint density at radius 2 is 2.06 bits per heavy atom. The minimum atomic E-state index is -1.23. The van der Waals surface area contributed by atoms with E-state index in [1.165, 1.54) is 21.7 Å². The van der Waals surface area contributed by atoms with Gasteiger partial charge in [-0.2, -0.15) is 4.98 Å². The summed E-state index contributed by atoms with van der Waals surface area (Å²) < 4.78 is 19.0. The topological polar surface area (TPSA) is 144 Å². The van der Waals surface area contributed by atoms with E-state index in [0.717, 1.165) is 5.56 Å². The smallest absolute Gasteiger partial charge is 0.351 e. The van der Waals surface area contributed by atoms with E-state index in [9.17, 15) is 4.79 Å². The summed E-state index contributed by atoms with van der Waals surface area (Å²) in [5.74, 6) is 0.121. The summed E-state index contributed by atoms with van der Waals surface area (Å²) in [6, 6.07) is 9.63. The zero-order valence-electron chi connectivity index (χ0n) is 20.9. The Hall–Kier alpha value is -2.22. The minimum Gasteiger partial charge on any atom is -0.466 e. The molecule has 5 N–H and O–H groups in total. The Morgan fingerprint density at radius 3 is 2.72 bits per heavy atom. The van der Waals surface area contributed by atoms with Crippen LogP contribution in [0.5, 0.6) is 0 Å². The van der Waals surface area contributed by atoms with Crippen molar-refractivity contribution < 1.29 is 24.4 Å². The van der Waals surface area contributed by atoms with E-state index >= 15 is 0 Å². The quantitative estimate of drug-likeness (QED) is 0.167. The fourth-order valence-corrected chi connectivity index (χ4v) is 5.97. The molecule has 0 bridgehead atoms. The Labute approximate surface area is 218 Å². The van der Waals surface area contributed by atoms with Gasteiger partial charge in [-0.15, -0.1) is 0 Å². The third-order valence-electron chi connectivity index (χ3n) is 5.38. The Kier molecular flexibility index (Phi) is 9.36. The van der Waals surface area contributed by atoms with E-state index in [1.54, 1.807) is 28.5 Å². The molecule has 1 unspecified atom stereocenters. The molecule has 198 valence electrons. The molecule has 2 aromatic rings. The van der Waals surface area contributed by atoms with Crippen LogP contribution in [0.3, 0.4) is 0 Å². The molecular weight excluding hydrogens is 504 g/mol. The number of nitrogens with two attached hydrogens (primary N) is 2. The molecule has 4 atom stereocenters. The maximum absolute atomic E-state index is 12.4. The van der Waals surface area contributed by atoms with Gasteiger partial charge in [0.25, 0.3) is 5.95 Å². The fourth-order valence-electron chi connectivity index (χ4n) is 3.71. The number of hydrogen-bond acceptors (Lipinski definition) is 11. The van der Waals surface area contributed by atoms with Gasteiger partial charge in [0.05, 0.1) is 12.1 Å². The molecule has 0 radical (unpaired) electrons. The van der Waals surface area contributed by atoms with Crippen molar-refractivity contribution in [1.82, 2.24) is 9.55 Å². The van der Waals surface area contributed by atoms with Gasteiger partial charge in [0, 0.05) is 22.3 Å². The van der Waals surface area contributed by atoms with Crippen LogP contribution < -0.4 is 17.2 Å². The summed E-state index contributed by atoms with van der Waals surface area (Å²) in [4.78, 5) is 21.6. The van der Waals surface area contributed by atoms with Crippen molar-refractivity contribution in [2.24, 2.45) is 5.73 Å². The van der Waals surface area contributed by atoms with E-state index in [2.05, 4.69) is 49.4 Å². The van der Waals surface area contributed by atoms with Crippen LogP contribution in [0.25, 0.3) is 0 Å². The molecular formula is C24H34N4O6S2. The normalized spacial score (nSPS) is 24.0. The van der Waals surface area contributed by atoms with E-state index in [4.69, 9.17) is 30.9 Å². The summed E-state index contributed by atoms with van der Waals surface area (Å²) in [6.07, 6.45) is -0.530. The molecule has 0 amide bonds. The van der Waals surface area contributed by atoms with Crippen molar-refractivity contribution in [3.8, 4) is 0 Å². The maximum atomic E-state index is 12.4. The van der Waals surface area contributed by atoms with Crippen molar-refractivity contribution >= 4 is 27.4 Å². The molecule has 36 heavy (non-hydrogen) atoms. The predicted octanol–water partition coefficient (Wildman–Crippen LogP) is 3.58. The highest BCUT2D eigenvalue weighted by molar-refractivity contribution is 8.77. The first-order valence-corrected chi connectivity index (χ1v) is 13.5. The Bertz CT molecular complexity index is 1100. The second-order valence-corrected chi connectivity index (χ2v) is 12.6. The number of ether oxygens (including phenoxy) is 3. The highest BCUT2D eigenvalue weighted by atomic mass is 33.1. The third kappa shape index (κ3) is 7.17. The molecule has 1 aliphatic heterocycles. The van der Waals surface area contributed by atoms with Crippen LogP contribution in [0, 0.1) is 0 Å². The van der Waals surface area contributed by atoms with Crippen LogP contribution in [0.2, 0.25) is 0 Å². The maximum Gasteiger partial charge on any atom is 0.351 e. The number of aromatic nitrogens is 2. The monoisotopic (exact) mass is 538 g/mol. The Balaban J connectivity index is 1.64. The molecule has 1 fully saturated rings. The molecule has 0 spiro atoms. The van der Waals surface area contributed by atoms with Crippen LogP contribution in [0.4, 0.5) is 5.82 Å². The van der Waals surface area contributed by atoms with Gasteiger partial charge in [0.15, 0.2) is 12.3 Å². The number of nitrogens with zero attached hydrogens (tertiary/aromatic N) is 2. The number of anilines is 1. The summed E-state index contributed by atoms with van der Waals surface area (Å²) in [6.45, 7) is 12.1. The predicted molar refractivity (Wildman–Crippen MR) is 141 cm³/mol. The Morgan fingerprint density at radius 1 is 1.33 bits per heavy atom. The van der Waals surface area contributed by atoms with Gasteiger partial charge in [0.2, 0.25) is 0 Å². The SMILES string of the molecule is C=C(OCCc1ccccc1SSC(C)(C)C)O[C@@H]1C(COO)O[C@@H](n2ccc(N)nc2=O)[C@]1(C)N. The second-order valence-electron chi connectivity index (χ2n) is 9.63. The molecule has 10 nitrogen and oxygen atoms in total. The minimum absolute atomic E-state index is 0.0424. The molecule has 0 aliphatic carbocycles. The zero-order valence-corrected chi connectivity index (χ0v) is 22.5. The molecule has 1 aromatic heterocycles. The molecule has 1 aromatic carbocycles. The first-order chi connectivity index (χ1) is 16.9. The third-order valence-corrected chi connectivity index (χ3v) is 8.83. The molecule has 2 heterocycles.